The number of benzene rings is 4. The fourth-order valence-electron chi connectivity index (χ4n) is 9.01. The van der Waals surface area contributed by atoms with E-state index in [1.807, 2.05) is 73.5 Å². The maximum absolute atomic E-state index is 13.2. The first-order chi connectivity index (χ1) is 33.4. The van der Waals surface area contributed by atoms with Gasteiger partial charge in [0, 0.05) is 81.6 Å². The van der Waals surface area contributed by atoms with Gasteiger partial charge in [-0.2, -0.15) is 18.4 Å². The molecule has 0 radical (unpaired) electrons. The second-order valence-electron chi connectivity index (χ2n) is 17.9. The van der Waals surface area contributed by atoms with E-state index in [1.165, 1.54) is 24.3 Å². The number of aromatic nitrogens is 2. The molecule has 4 heterocycles. The first-order valence-electron chi connectivity index (χ1n) is 24.0. The Morgan fingerprint density at radius 3 is 1.71 bits per heavy atom. The van der Waals surface area contributed by atoms with Gasteiger partial charge < -0.3 is 26.0 Å². The summed E-state index contributed by atoms with van der Waals surface area (Å²) >= 11 is 0. The van der Waals surface area contributed by atoms with Crippen LogP contribution in [0, 0.1) is 17.1 Å². The number of pyridine rings is 2. The van der Waals surface area contributed by atoms with E-state index in [0.717, 1.165) is 142 Å². The number of nitrogens with zero attached hydrogens (tertiary/aromatic N) is 7. The van der Waals surface area contributed by atoms with Gasteiger partial charge in [-0.15, -0.1) is 0 Å². The molecule has 10 nitrogen and oxygen atoms in total. The Balaban J connectivity index is 0.000000204. The van der Waals surface area contributed by atoms with Gasteiger partial charge in [0.25, 0.3) is 0 Å². The minimum atomic E-state index is -4.32. The molecule has 0 unspecified atom stereocenters. The second-order valence-corrected chi connectivity index (χ2v) is 17.9. The number of hydrogen-bond donors (Lipinski definition) is 2. The number of aryl methyl sites for hydroxylation is 2. The molecule has 8 rings (SSSR count). The highest BCUT2D eigenvalue weighted by Crippen LogP contribution is 2.34. The number of halogens is 4. The van der Waals surface area contributed by atoms with E-state index in [4.69, 9.17) is 16.2 Å². The summed E-state index contributed by atoms with van der Waals surface area (Å²) in [7, 11) is 0. The summed E-state index contributed by atoms with van der Waals surface area (Å²) in [4.78, 5) is 18.2. The summed E-state index contributed by atoms with van der Waals surface area (Å²) in [6.07, 6.45) is 5.03. The molecule has 362 valence electrons. The molecule has 0 atom stereocenters. The van der Waals surface area contributed by atoms with Crippen molar-refractivity contribution in [3.05, 3.63) is 150 Å². The minimum Gasteiger partial charge on any atom is -0.490 e. The molecule has 14 heteroatoms. The third-order valence-corrected chi connectivity index (χ3v) is 12.8. The fraction of sp³-hybridized carbons (Fsp3) is 0.364. The smallest absolute Gasteiger partial charge is 0.416 e. The van der Waals surface area contributed by atoms with Crippen LogP contribution < -0.4 is 26.0 Å². The highest BCUT2D eigenvalue weighted by atomic mass is 19.4. The quantitative estimate of drug-likeness (QED) is 0.0716. The van der Waals surface area contributed by atoms with Gasteiger partial charge in [0.2, 0.25) is 0 Å². The summed E-state index contributed by atoms with van der Waals surface area (Å²) < 4.78 is 58.0. The van der Waals surface area contributed by atoms with Crippen molar-refractivity contribution >= 4 is 22.7 Å². The Kier molecular flexibility index (Phi) is 17.5. The lowest BCUT2D eigenvalue weighted by Crippen LogP contribution is -2.46. The van der Waals surface area contributed by atoms with E-state index in [2.05, 4.69) is 42.9 Å². The fourth-order valence-corrected chi connectivity index (χ4v) is 9.01. The normalized spacial score (nSPS) is 14.6. The molecule has 69 heavy (non-hydrogen) atoms. The van der Waals surface area contributed by atoms with Gasteiger partial charge in [0.1, 0.15) is 23.2 Å². The number of ether oxygens (including phenoxy) is 1. The second kappa shape index (κ2) is 24.0. The molecule has 2 saturated heterocycles. The zero-order chi connectivity index (χ0) is 48.8. The molecule has 0 aliphatic carbocycles. The van der Waals surface area contributed by atoms with Crippen molar-refractivity contribution in [1.29, 1.82) is 5.26 Å². The zero-order valence-electron chi connectivity index (χ0n) is 39.6. The van der Waals surface area contributed by atoms with Crippen molar-refractivity contribution in [2.45, 2.75) is 64.7 Å². The van der Waals surface area contributed by atoms with Crippen LogP contribution in [-0.4, -0.2) is 91.3 Å². The topological polar surface area (TPSA) is 124 Å². The monoisotopic (exact) mass is 942 g/mol. The van der Waals surface area contributed by atoms with Crippen LogP contribution in [0.2, 0.25) is 0 Å². The van der Waals surface area contributed by atoms with Gasteiger partial charge in [-0.3, -0.25) is 19.8 Å². The van der Waals surface area contributed by atoms with Crippen LogP contribution in [0.5, 0.6) is 5.75 Å². The van der Waals surface area contributed by atoms with Crippen molar-refractivity contribution in [2.24, 2.45) is 0 Å². The molecule has 0 amide bonds. The van der Waals surface area contributed by atoms with Gasteiger partial charge in [-0.1, -0.05) is 54.6 Å². The standard InChI is InChI=1S/C29H35N5O.C26H28F4N4/c1-22(2)35-28-13-8-12-27(25(28)21-30)34-19-17-33(18-20-34)16-7-6-11-26-29(31)24(14-15-32-26)23-9-4-3-5-10-23;27-21-9-7-19(8-10-21)23-11-12-32-24(25(23)31)6-1-2-13-33-14-16-34(17-15-33)22-5-3-4-20(18-22)26(28,29)30/h3-5,8-10,12-15,22H,6-7,11,16-20,31H2,1-2H3;3-5,7-12,18H,1-2,6,13-17,31H2. The summed E-state index contributed by atoms with van der Waals surface area (Å²) in [5.41, 5.74) is 21.6. The van der Waals surface area contributed by atoms with Crippen molar-refractivity contribution < 1.29 is 22.3 Å². The maximum Gasteiger partial charge on any atom is 0.416 e. The average molecular weight is 942 g/mol. The number of nitrogen functional groups attached to an aromatic ring is 2. The predicted octanol–water partition coefficient (Wildman–Crippen LogP) is 10.8. The molecular formula is C55H63F4N9O. The van der Waals surface area contributed by atoms with Crippen LogP contribution in [0.3, 0.4) is 0 Å². The third kappa shape index (κ3) is 13.7. The first-order valence-corrected chi connectivity index (χ1v) is 24.0. The molecule has 2 fully saturated rings. The Morgan fingerprint density at radius 2 is 1.17 bits per heavy atom. The number of anilines is 4. The predicted molar refractivity (Wildman–Crippen MR) is 270 cm³/mol. The highest BCUT2D eigenvalue weighted by Gasteiger charge is 2.31. The molecule has 2 aliphatic rings. The van der Waals surface area contributed by atoms with Gasteiger partial charge in [0.15, 0.2) is 0 Å². The van der Waals surface area contributed by atoms with E-state index < -0.39 is 11.7 Å². The molecule has 2 aliphatic heterocycles. The van der Waals surface area contributed by atoms with E-state index in [1.54, 1.807) is 24.4 Å². The number of nitriles is 1. The van der Waals surface area contributed by atoms with Crippen molar-refractivity contribution in [3.63, 3.8) is 0 Å². The molecule has 0 bridgehead atoms. The van der Waals surface area contributed by atoms with Crippen LogP contribution in [0.1, 0.15) is 62.0 Å². The van der Waals surface area contributed by atoms with Crippen molar-refractivity contribution in [3.8, 4) is 34.1 Å². The number of rotatable bonds is 16. The van der Waals surface area contributed by atoms with Crippen LogP contribution in [0.4, 0.5) is 40.3 Å². The largest absolute Gasteiger partial charge is 0.490 e. The number of nitrogens with two attached hydrogens (primary N) is 2. The van der Waals surface area contributed by atoms with Crippen LogP contribution >= 0.6 is 0 Å². The maximum atomic E-state index is 13.2. The van der Waals surface area contributed by atoms with Crippen LogP contribution in [0.25, 0.3) is 22.3 Å². The van der Waals surface area contributed by atoms with Crippen molar-refractivity contribution in [2.75, 3.05) is 86.7 Å². The highest BCUT2D eigenvalue weighted by molar-refractivity contribution is 5.78. The van der Waals surface area contributed by atoms with E-state index >= 15 is 0 Å². The number of piperazine rings is 2. The summed E-state index contributed by atoms with van der Waals surface area (Å²) in [5.74, 6) is 0.388. The molecule has 2 aromatic heterocycles. The van der Waals surface area contributed by atoms with E-state index in [9.17, 15) is 22.8 Å². The summed E-state index contributed by atoms with van der Waals surface area (Å²) in [6.45, 7) is 12.8. The molecule has 6 aromatic rings. The van der Waals surface area contributed by atoms with Gasteiger partial charge >= 0.3 is 6.18 Å². The Hall–Kier alpha value is -6.69. The molecule has 4 N–H and O–H groups in total. The molecule has 4 aromatic carbocycles. The minimum absolute atomic E-state index is 0.0422. The zero-order valence-corrected chi connectivity index (χ0v) is 39.6. The number of unbranched alkanes of at least 4 members (excludes halogenated alkanes) is 2. The lowest BCUT2D eigenvalue weighted by molar-refractivity contribution is -0.137. The van der Waals surface area contributed by atoms with Gasteiger partial charge in [-0.25, -0.2) is 4.39 Å². The van der Waals surface area contributed by atoms with E-state index in [0.29, 0.717) is 35.8 Å². The first kappa shape index (κ1) is 50.2. The van der Waals surface area contributed by atoms with Gasteiger partial charge in [0.05, 0.1) is 40.1 Å². The molecule has 0 saturated carbocycles. The Bertz CT molecular complexity index is 2600. The van der Waals surface area contributed by atoms with Crippen LogP contribution in [0.15, 0.2) is 122 Å². The molecule has 0 spiro atoms. The van der Waals surface area contributed by atoms with Gasteiger partial charge in [-0.05, 0) is 131 Å². The lowest BCUT2D eigenvalue weighted by Gasteiger charge is -2.36. The third-order valence-electron chi connectivity index (χ3n) is 12.8. The average Bonchev–Trinajstić information content (AvgIpc) is 3.36. The van der Waals surface area contributed by atoms with Crippen LogP contribution in [-0.2, 0) is 19.0 Å². The Labute approximate surface area is 404 Å². The summed E-state index contributed by atoms with van der Waals surface area (Å²) in [6, 6.07) is 34.1. The van der Waals surface area contributed by atoms with E-state index in [-0.39, 0.29) is 11.9 Å². The summed E-state index contributed by atoms with van der Waals surface area (Å²) in [5, 5.41) is 9.75. The number of hydrogen-bond acceptors (Lipinski definition) is 10. The molecular weight excluding hydrogens is 879 g/mol. The van der Waals surface area contributed by atoms with Crippen molar-refractivity contribution in [1.82, 2.24) is 19.8 Å². The number of alkyl halides is 3. The lowest BCUT2D eigenvalue weighted by atomic mass is 10.0. The Morgan fingerprint density at radius 1 is 0.638 bits per heavy atom. The SMILES string of the molecule is CC(C)Oc1cccc(N2CCN(CCCCc3nccc(-c4ccccc4)c3N)CC2)c1C#N.Nc1c(-c2ccc(F)cc2)ccnc1CCCCN1CCN(c2cccc(C(F)(F)F)c2)CC1.